The topological polar surface area (TPSA) is 65.5 Å². The lowest BCUT2D eigenvalue weighted by molar-refractivity contribution is -0.120. The zero-order chi connectivity index (χ0) is 18.8. The highest BCUT2D eigenvalue weighted by Gasteiger charge is 2.04. The van der Waals surface area contributed by atoms with Crippen LogP contribution in [0.3, 0.4) is 0 Å². The third kappa shape index (κ3) is 6.51. The van der Waals surface area contributed by atoms with Crippen molar-refractivity contribution in [3.63, 3.8) is 0 Å². The molecule has 2 aromatic carbocycles. The van der Waals surface area contributed by atoms with E-state index >= 15 is 0 Å². The first-order chi connectivity index (χ1) is 12.6. The van der Waals surface area contributed by atoms with E-state index in [4.69, 9.17) is 0 Å². The van der Waals surface area contributed by atoms with E-state index in [0.717, 1.165) is 5.56 Å². The molecule has 2 aromatic rings. The van der Waals surface area contributed by atoms with E-state index in [1.165, 1.54) is 18.2 Å². The van der Waals surface area contributed by atoms with Gasteiger partial charge in [-0.15, -0.1) is 0 Å². The monoisotopic (exact) mass is 360 g/mol. The van der Waals surface area contributed by atoms with Crippen LogP contribution in [-0.4, -0.2) is 32.0 Å². The second-order valence-electron chi connectivity index (χ2n) is 5.60. The average molecular weight is 360 g/mol. The van der Waals surface area contributed by atoms with Gasteiger partial charge in [0, 0.05) is 32.2 Å². The Hall–Kier alpha value is -2.96. The Balaban J connectivity index is 1.66. The van der Waals surface area contributed by atoms with Gasteiger partial charge in [-0.1, -0.05) is 30.3 Å². The van der Waals surface area contributed by atoms with Crippen LogP contribution in [0.5, 0.6) is 0 Å². The number of hydrogen-bond acceptors (Lipinski definition) is 2. The number of carbonyl (C=O) groups excluding carboxylic acids is 1. The molecule has 0 aliphatic heterocycles. The van der Waals surface area contributed by atoms with Crippen molar-refractivity contribution in [1.29, 1.82) is 0 Å². The molecule has 0 aliphatic carbocycles. The molecule has 26 heavy (non-hydrogen) atoms. The van der Waals surface area contributed by atoms with Gasteiger partial charge in [0.1, 0.15) is 11.6 Å². The van der Waals surface area contributed by atoms with Crippen LogP contribution in [0, 0.1) is 11.6 Å². The molecular weight excluding hydrogens is 338 g/mol. The standard InChI is InChI=1S/C19H22F2N4O/c1-22-19(25-13-15-4-2-3-5-17(15)21)24-11-10-23-18(26)12-14-6-8-16(20)9-7-14/h2-9H,10-13H2,1H3,(H,23,26)(H2,22,24,25). The lowest BCUT2D eigenvalue weighted by Crippen LogP contribution is -2.41. The van der Waals surface area contributed by atoms with Gasteiger partial charge in [0.25, 0.3) is 0 Å². The van der Waals surface area contributed by atoms with E-state index in [9.17, 15) is 13.6 Å². The van der Waals surface area contributed by atoms with Crippen LogP contribution in [0.1, 0.15) is 11.1 Å². The molecule has 3 N–H and O–H groups in total. The van der Waals surface area contributed by atoms with E-state index in [2.05, 4.69) is 20.9 Å². The predicted molar refractivity (Wildman–Crippen MR) is 97.7 cm³/mol. The van der Waals surface area contributed by atoms with E-state index in [-0.39, 0.29) is 24.0 Å². The number of guanidine groups is 1. The number of nitrogens with one attached hydrogen (secondary N) is 3. The largest absolute Gasteiger partial charge is 0.355 e. The lowest BCUT2D eigenvalue weighted by atomic mass is 10.1. The molecule has 1 amide bonds. The molecule has 5 nitrogen and oxygen atoms in total. The maximum atomic E-state index is 13.6. The van der Waals surface area contributed by atoms with Gasteiger partial charge in [-0.3, -0.25) is 9.79 Å². The fourth-order valence-corrected chi connectivity index (χ4v) is 2.27. The second-order valence-corrected chi connectivity index (χ2v) is 5.60. The molecule has 0 fully saturated rings. The van der Waals surface area contributed by atoms with Gasteiger partial charge in [0.2, 0.25) is 5.91 Å². The van der Waals surface area contributed by atoms with E-state index in [0.29, 0.717) is 31.2 Å². The molecule has 138 valence electrons. The molecular formula is C19H22F2N4O. The minimum atomic E-state index is -0.326. The maximum absolute atomic E-state index is 13.6. The Labute approximate surface area is 151 Å². The van der Waals surface area contributed by atoms with Crippen LogP contribution in [0.4, 0.5) is 8.78 Å². The summed E-state index contributed by atoms with van der Waals surface area (Å²) in [5.74, 6) is -0.232. The van der Waals surface area contributed by atoms with Gasteiger partial charge >= 0.3 is 0 Å². The fourth-order valence-electron chi connectivity index (χ4n) is 2.27. The number of carbonyl (C=O) groups is 1. The molecule has 0 bridgehead atoms. The van der Waals surface area contributed by atoms with Crippen LogP contribution >= 0.6 is 0 Å². The second kappa shape index (κ2) is 10.1. The van der Waals surface area contributed by atoms with Crippen LogP contribution in [-0.2, 0) is 17.8 Å². The summed E-state index contributed by atoms with van der Waals surface area (Å²) < 4.78 is 26.4. The Morgan fingerprint density at radius 1 is 0.962 bits per heavy atom. The van der Waals surface area contributed by atoms with Gasteiger partial charge < -0.3 is 16.0 Å². The Kier molecular flexibility index (Phi) is 7.54. The van der Waals surface area contributed by atoms with E-state index < -0.39 is 0 Å². The van der Waals surface area contributed by atoms with Gasteiger partial charge in [-0.25, -0.2) is 8.78 Å². The number of aliphatic imine (C=N–C) groups is 1. The Morgan fingerprint density at radius 3 is 2.35 bits per heavy atom. The van der Waals surface area contributed by atoms with Crippen LogP contribution in [0.15, 0.2) is 53.5 Å². The number of rotatable bonds is 7. The molecule has 0 aromatic heterocycles. The number of amides is 1. The number of nitrogens with zero attached hydrogens (tertiary/aromatic N) is 1. The smallest absolute Gasteiger partial charge is 0.224 e. The Morgan fingerprint density at radius 2 is 1.65 bits per heavy atom. The van der Waals surface area contributed by atoms with Crippen molar-refractivity contribution in [2.75, 3.05) is 20.1 Å². The summed E-state index contributed by atoms with van der Waals surface area (Å²) in [6, 6.07) is 12.3. The fraction of sp³-hybridized carbons (Fsp3) is 0.263. The number of halogens is 2. The highest BCUT2D eigenvalue weighted by molar-refractivity contribution is 5.80. The minimum absolute atomic E-state index is 0.146. The summed E-state index contributed by atoms with van der Waals surface area (Å²) in [7, 11) is 1.61. The lowest BCUT2D eigenvalue weighted by Gasteiger charge is -2.12. The molecule has 0 aliphatic rings. The Bertz CT molecular complexity index is 747. The summed E-state index contributed by atoms with van der Waals surface area (Å²) in [6.45, 7) is 1.18. The number of hydrogen-bond donors (Lipinski definition) is 3. The van der Waals surface area contributed by atoms with Crippen molar-refractivity contribution in [1.82, 2.24) is 16.0 Å². The van der Waals surface area contributed by atoms with Crippen molar-refractivity contribution in [3.8, 4) is 0 Å². The predicted octanol–water partition coefficient (Wildman–Crippen LogP) is 1.99. The molecule has 0 radical (unpaired) electrons. The maximum Gasteiger partial charge on any atom is 0.224 e. The van der Waals surface area contributed by atoms with Crippen LogP contribution < -0.4 is 16.0 Å². The third-order valence-corrected chi connectivity index (χ3v) is 3.65. The molecule has 0 heterocycles. The molecule has 0 atom stereocenters. The quantitative estimate of drug-likeness (QED) is 0.402. The van der Waals surface area contributed by atoms with E-state index in [1.807, 2.05) is 0 Å². The molecule has 0 unspecified atom stereocenters. The zero-order valence-electron chi connectivity index (χ0n) is 14.6. The first-order valence-corrected chi connectivity index (χ1v) is 8.27. The number of benzene rings is 2. The highest BCUT2D eigenvalue weighted by Crippen LogP contribution is 2.05. The van der Waals surface area contributed by atoms with Crippen molar-refractivity contribution < 1.29 is 13.6 Å². The SMILES string of the molecule is CN=C(NCCNC(=O)Cc1ccc(F)cc1)NCc1ccccc1F. The van der Waals surface area contributed by atoms with Gasteiger partial charge in [-0.05, 0) is 23.8 Å². The van der Waals surface area contributed by atoms with Crippen molar-refractivity contribution in [2.45, 2.75) is 13.0 Å². The summed E-state index contributed by atoms with van der Waals surface area (Å²) in [5.41, 5.74) is 1.29. The summed E-state index contributed by atoms with van der Waals surface area (Å²) in [6.07, 6.45) is 0.195. The van der Waals surface area contributed by atoms with Gasteiger partial charge in [0.05, 0.1) is 6.42 Å². The molecule has 2 rings (SSSR count). The summed E-state index contributed by atoms with van der Waals surface area (Å²) >= 11 is 0. The molecule has 0 saturated carbocycles. The summed E-state index contributed by atoms with van der Waals surface area (Å²) in [5, 5.41) is 8.82. The third-order valence-electron chi connectivity index (χ3n) is 3.65. The first-order valence-electron chi connectivity index (χ1n) is 8.27. The average Bonchev–Trinajstić information content (AvgIpc) is 2.64. The van der Waals surface area contributed by atoms with E-state index in [1.54, 1.807) is 37.4 Å². The van der Waals surface area contributed by atoms with Gasteiger partial charge in [0.15, 0.2) is 5.96 Å². The van der Waals surface area contributed by atoms with Crippen molar-refractivity contribution >= 4 is 11.9 Å². The first kappa shape index (κ1) is 19.4. The zero-order valence-corrected chi connectivity index (χ0v) is 14.6. The van der Waals surface area contributed by atoms with Crippen molar-refractivity contribution in [3.05, 3.63) is 71.3 Å². The highest BCUT2D eigenvalue weighted by atomic mass is 19.1. The van der Waals surface area contributed by atoms with Crippen molar-refractivity contribution in [2.24, 2.45) is 4.99 Å². The van der Waals surface area contributed by atoms with Gasteiger partial charge in [-0.2, -0.15) is 0 Å². The molecule has 0 saturated heterocycles. The van der Waals surface area contributed by atoms with Crippen LogP contribution in [0.2, 0.25) is 0 Å². The normalized spacial score (nSPS) is 11.1. The van der Waals surface area contributed by atoms with Crippen LogP contribution in [0.25, 0.3) is 0 Å². The molecule has 0 spiro atoms. The minimum Gasteiger partial charge on any atom is -0.355 e. The molecule has 7 heteroatoms. The summed E-state index contributed by atoms with van der Waals surface area (Å²) in [4.78, 5) is 15.9.